The van der Waals surface area contributed by atoms with Gasteiger partial charge in [-0.15, -0.1) is 0 Å². The van der Waals surface area contributed by atoms with E-state index in [1.807, 2.05) is 30.3 Å². The van der Waals surface area contributed by atoms with E-state index in [0.717, 1.165) is 48.2 Å². The summed E-state index contributed by atoms with van der Waals surface area (Å²) in [6, 6.07) is 12.0. The first-order valence-electron chi connectivity index (χ1n) is 10.6. The molecule has 1 saturated heterocycles. The highest BCUT2D eigenvalue weighted by atomic mass is 16.5. The number of rotatable bonds is 4. The van der Waals surface area contributed by atoms with Gasteiger partial charge in [0.1, 0.15) is 23.2 Å². The number of hydrogen-bond acceptors (Lipinski definition) is 7. The number of allylic oxidation sites excluding steroid dienone is 2. The maximum atomic E-state index is 12.9. The van der Waals surface area contributed by atoms with Crippen molar-refractivity contribution in [2.75, 3.05) is 24.6 Å². The molecule has 2 N–H and O–H groups in total. The molecule has 7 heteroatoms. The van der Waals surface area contributed by atoms with Gasteiger partial charge in [-0.2, -0.15) is 5.26 Å². The fourth-order valence-electron chi connectivity index (χ4n) is 4.36. The summed E-state index contributed by atoms with van der Waals surface area (Å²) < 4.78 is 10.9. The van der Waals surface area contributed by atoms with E-state index >= 15 is 0 Å². The molecule has 2 aliphatic heterocycles. The number of hydrogen-bond donors (Lipinski definition) is 1. The third kappa shape index (κ3) is 3.81. The van der Waals surface area contributed by atoms with Crippen LogP contribution < -0.4 is 10.6 Å². The Bertz CT molecular complexity index is 1120. The molecule has 3 heterocycles. The van der Waals surface area contributed by atoms with Crippen molar-refractivity contribution < 1.29 is 14.3 Å². The maximum absolute atomic E-state index is 12.9. The smallest absolute Gasteiger partial charge is 0.338 e. The minimum Gasteiger partial charge on any atom is -0.463 e. The Hall–Kier alpha value is -3.53. The summed E-state index contributed by atoms with van der Waals surface area (Å²) in [5, 5.41) is 10.9. The molecule has 0 bridgehead atoms. The summed E-state index contributed by atoms with van der Waals surface area (Å²) >= 11 is 0. The molecular formula is C24H26N4O3. The molecule has 0 radical (unpaired) electrons. The van der Waals surface area contributed by atoms with Gasteiger partial charge in [0.15, 0.2) is 0 Å². The first-order chi connectivity index (χ1) is 15.0. The van der Waals surface area contributed by atoms with Gasteiger partial charge in [0, 0.05) is 24.0 Å². The number of pyridine rings is 1. The van der Waals surface area contributed by atoms with Crippen LogP contribution in [0.15, 0.2) is 53.1 Å². The standard InChI is InChI=1S/C24H26N4O3/c1-3-30-24(29)20-15(2)31-22(26)18(14-25)21(20)17-13-16-9-5-6-10-19(16)27-23(17)28-11-7-4-8-12-28/h5-6,9-10,13,21H,3-4,7-8,11-12,26H2,1-2H3/t21-/m1/s1. The highest BCUT2D eigenvalue weighted by Gasteiger charge is 2.38. The second kappa shape index (κ2) is 8.68. The molecule has 2 aliphatic rings. The molecule has 7 nitrogen and oxygen atoms in total. The summed E-state index contributed by atoms with van der Waals surface area (Å²) in [5.74, 6) is -0.0798. The summed E-state index contributed by atoms with van der Waals surface area (Å²) in [6.45, 7) is 5.40. The number of ether oxygens (including phenoxy) is 2. The molecule has 1 atom stereocenters. The lowest BCUT2D eigenvalue weighted by Gasteiger charge is -2.33. The Morgan fingerprint density at radius 3 is 2.77 bits per heavy atom. The highest BCUT2D eigenvalue weighted by molar-refractivity contribution is 5.94. The molecule has 4 rings (SSSR count). The lowest BCUT2D eigenvalue weighted by molar-refractivity contribution is -0.139. The minimum absolute atomic E-state index is 0.0100. The van der Waals surface area contributed by atoms with Crippen molar-refractivity contribution in [2.45, 2.75) is 39.0 Å². The molecule has 31 heavy (non-hydrogen) atoms. The Morgan fingerprint density at radius 1 is 1.32 bits per heavy atom. The van der Waals surface area contributed by atoms with E-state index in [1.54, 1.807) is 13.8 Å². The zero-order valence-electron chi connectivity index (χ0n) is 17.9. The molecule has 0 spiro atoms. The molecular weight excluding hydrogens is 392 g/mol. The van der Waals surface area contributed by atoms with Crippen LogP contribution in [0, 0.1) is 11.3 Å². The number of fused-ring (bicyclic) bond motifs is 1. The largest absolute Gasteiger partial charge is 0.463 e. The summed E-state index contributed by atoms with van der Waals surface area (Å²) in [5.41, 5.74) is 8.23. The molecule has 0 aliphatic carbocycles. The average Bonchev–Trinajstić information content (AvgIpc) is 2.78. The number of nitriles is 1. The van der Waals surface area contributed by atoms with Gasteiger partial charge in [-0.05, 0) is 45.2 Å². The van der Waals surface area contributed by atoms with Gasteiger partial charge in [-0.1, -0.05) is 18.2 Å². The van der Waals surface area contributed by atoms with Gasteiger partial charge in [0.2, 0.25) is 5.88 Å². The monoisotopic (exact) mass is 418 g/mol. The maximum Gasteiger partial charge on any atom is 0.338 e. The van der Waals surface area contributed by atoms with Crippen LogP contribution in [0.5, 0.6) is 0 Å². The van der Waals surface area contributed by atoms with Crippen LogP contribution in [-0.2, 0) is 14.3 Å². The molecule has 1 aromatic heterocycles. The molecule has 0 unspecified atom stereocenters. The molecule has 160 valence electrons. The predicted octanol–water partition coefficient (Wildman–Crippen LogP) is 3.87. The fraction of sp³-hybridized carbons (Fsp3) is 0.375. The molecule has 0 amide bonds. The predicted molar refractivity (Wildman–Crippen MR) is 118 cm³/mol. The Kier molecular flexibility index (Phi) is 5.81. The van der Waals surface area contributed by atoms with E-state index in [2.05, 4.69) is 11.0 Å². The fourth-order valence-corrected chi connectivity index (χ4v) is 4.36. The van der Waals surface area contributed by atoms with Crippen molar-refractivity contribution in [2.24, 2.45) is 5.73 Å². The van der Waals surface area contributed by atoms with E-state index in [-0.39, 0.29) is 18.1 Å². The number of nitrogens with two attached hydrogens (primary N) is 1. The van der Waals surface area contributed by atoms with Gasteiger partial charge >= 0.3 is 5.97 Å². The first kappa shape index (κ1) is 20.7. The first-order valence-corrected chi connectivity index (χ1v) is 10.6. The number of anilines is 1. The number of aromatic nitrogens is 1. The molecule has 1 aromatic carbocycles. The summed E-state index contributed by atoms with van der Waals surface area (Å²) in [6.07, 6.45) is 3.33. The number of carbonyl (C=O) groups excluding carboxylic acids is 1. The summed E-state index contributed by atoms with van der Waals surface area (Å²) in [7, 11) is 0. The van der Waals surface area contributed by atoms with Crippen LogP contribution in [0.25, 0.3) is 10.9 Å². The number of piperidine rings is 1. The second-order valence-corrected chi connectivity index (χ2v) is 7.76. The Morgan fingerprint density at radius 2 is 2.06 bits per heavy atom. The highest BCUT2D eigenvalue weighted by Crippen LogP contribution is 2.44. The third-order valence-corrected chi connectivity index (χ3v) is 5.80. The van der Waals surface area contributed by atoms with Crippen molar-refractivity contribution in [3.05, 3.63) is 58.7 Å². The van der Waals surface area contributed by atoms with Crippen LogP contribution in [-0.4, -0.2) is 30.6 Å². The zero-order valence-corrected chi connectivity index (χ0v) is 17.9. The average molecular weight is 418 g/mol. The van der Waals surface area contributed by atoms with Crippen molar-refractivity contribution in [3.63, 3.8) is 0 Å². The van der Waals surface area contributed by atoms with E-state index < -0.39 is 11.9 Å². The minimum atomic E-state index is -0.702. The van der Waals surface area contributed by atoms with E-state index in [9.17, 15) is 10.1 Å². The van der Waals surface area contributed by atoms with Crippen molar-refractivity contribution in [1.29, 1.82) is 5.26 Å². The van der Waals surface area contributed by atoms with Crippen molar-refractivity contribution in [1.82, 2.24) is 4.98 Å². The number of nitrogens with zero attached hydrogens (tertiary/aromatic N) is 3. The van der Waals surface area contributed by atoms with Crippen LogP contribution in [0.1, 0.15) is 44.6 Å². The van der Waals surface area contributed by atoms with Gasteiger partial charge in [0.05, 0.1) is 23.6 Å². The molecule has 0 saturated carbocycles. The van der Waals surface area contributed by atoms with Gasteiger partial charge < -0.3 is 20.1 Å². The zero-order chi connectivity index (χ0) is 22.0. The van der Waals surface area contributed by atoms with Gasteiger partial charge in [-0.3, -0.25) is 0 Å². The van der Waals surface area contributed by atoms with Crippen LogP contribution in [0.3, 0.4) is 0 Å². The van der Waals surface area contributed by atoms with E-state index in [0.29, 0.717) is 11.3 Å². The SMILES string of the molecule is CCOC(=O)C1=C(C)OC(N)=C(C#N)[C@H]1c1cc2ccccc2nc1N1CCCCC1. The summed E-state index contributed by atoms with van der Waals surface area (Å²) in [4.78, 5) is 20.2. The van der Waals surface area contributed by atoms with Crippen LogP contribution >= 0.6 is 0 Å². The van der Waals surface area contributed by atoms with Crippen molar-refractivity contribution in [3.8, 4) is 6.07 Å². The van der Waals surface area contributed by atoms with Crippen molar-refractivity contribution >= 4 is 22.7 Å². The topological polar surface area (TPSA) is 101 Å². The van der Waals surface area contributed by atoms with E-state index in [4.69, 9.17) is 20.2 Å². The Balaban J connectivity index is 1.97. The number of esters is 1. The quantitative estimate of drug-likeness (QED) is 0.752. The normalized spacial score (nSPS) is 19.3. The molecule has 2 aromatic rings. The van der Waals surface area contributed by atoms with Gasteiger partial charge in [-0.25, -0.2) is 9.78 Å². The number of benzene rings is 1. The van der Waals surface area contributed by atoms with Gasteiger partial charge in [0.25, 0.3) is 0 Å². The van der Waals surface area contributed by atoms with Crippen LogP contribution in [0.4, 0.5) is 5.82 Å². The van der Waals surface area contributed by atoms with E-state index in [1.165, 1.54) is 6.42 Å². The number of carbonyl (C=O) groups is 1. The lowest BCUT2D eigenvalue weighted by Crippen LogP contribution is -2.33. The lowest BCUT2D eigenvalue weighted by atomic mass is 9.82. The number of para-hydroxylation sites is 1. The van der Waals surface area contributed by atoms with Crippen LogP contribution in [0.2, 0.25) is 0 Å². The second-order valence-electron chi connectivity index (χ2n) is 7.76. The molecule has 1 fully saturated rings. The Labute approximate surface area is 181 Å². The third-order valence-electron chi connectivity index (χ3n) is 5.80.